The lowest BCUT2D eigenvalue weighted by Gasteiger charge is -2.29. The molecule has 1 aromatic carbocycles. The Labute approximate surface area is 179 Å². The van der Waals surface area contributed by atoms with Gasteiger partial charge in [-0.25, -0.2) is 4.98 Å². The molecule has 2 aliphatic carbocycles. The van der Waals surface area contributed by atoms with Crippen LogP contribution in [0.3, 0.4) is 0 Å². The van der Waals surface area contributed by atoms with Gasteiger partial charge in [-0.1, -0.05) is 0 Å². The number of nitrogens with zero attached hydrogens (tertiary/aromatic N) is 4. The van der Waals surface area contributed by atoms with Gasteiger partial charge in [0.15, 0.2) is 0 Å². The van der Waals surface area contributed by atoms with Crippen molar-refractivity contribution in [3.05, 3.63) is 53.1 Å². The van der Waals surface area contributed by atoms with Crippen molar-refractivity contribution in [1.29, 1.82) is 0 Å². The minimum atomic E-state index is -0.0867. The van der Waals surface area contributed by atoms with Crippen molar-refractivity contribution in [2.45, 2.75) is 43.2 Å². The molecule has 0 saturated heterocycles. The summed E-state index contributed by atoms with van der Waals surface area (Å²) in [5, 5.41) is 19.9. The highest BCUT2D eigenvalue weighted by Crippen LogP contribution is 2.54. The van der Waals surface area contributed by atoms with E-state index in [-0.39, 0.29) is 22.4 Å². The van der Waals surface area contributed by atoms with E-state index in [1.165, 1.54) is 0 Å². The molecule has 7 heteroatoms. The van der Waals surface area contributed by atoms with Crippen molar-refractivity contribution in [3.8, 4) is 17.0 Å². The number of benzene rings is 1. The van der Waals surface area contributed by atoms with Crippen molar-refractivity contribution in [3.63, 3.8) is 0 Å². The minimum Gasteiger partial charge on any atom is -0.507 e. The molecule has 4 aromatic rings. The molecule has 0 spiro atoms. The number of hydrogen-bond acceptors (Lipinski definition) is 5. The van der Waals surface area contributed by atoms with Crippen LogP contribution in [0.4, 0.5) is 0 Å². The van der Waals surface area contributed by atoms with Crippen LogP contribution in [0.1, 0.15) is 32.1 Å². The number of aromatic nitrogens is 4. The maximum atomic E-state index is 13.4. The van der Waals surface area contributed by atoms with Crippen LogP contribution in [0.15, 0.2) is 47.5 Å². The van der Waals surface area contributed by atoms with Gasteiger partial charge in [0.25, 0.3) is 5.56 Å². The Bertz CT molecular complexity index is 1410. The molecular formula is C24H25N5O2. The Morgan fingerprint density at radius 1 is 1.10 bits per heavy atom. The molecule has 0 unspecified atom stereocenters. The number of rotatable bonds is 3. The number of phenols is 1. The summed E-state index contributed by atoms with van der Waals surface area (Å²) in [6.45, 7) is 0. The number of nitrogens with one attached hydrogen (secondary N) is 1. The summed E-state index contributed by atoms with van der Waals surface area (Å²) in [6.07, 6.45) is 9.12. The molecule has 2 N–H and O–H groups in total. The largest absolute Gasteiger partial charge is 0.507 e. The van der Waals surface area contributed by atoms with E-state index in [0.29, 0.717) is 22.2 Å². The summed E-state index contributed by atoms with van der Waals surface area (Å²) in [5.74, 6) is 0.130. The van der Waals surface area contributed by atoms with Crippen molar-refractivity contribution in [2.75, 3.05) is 7.05 Å². The first-order chi connectivity index (χ1) is 14.9. The van der Waals surface area contributed by atoms with Crippen LogP contribution in [0.5, 0.6) is 5.75 Å². The lowest BCUT2D eigenvalue weighted by molar-refractivity contribution is 0.280. The topological polar surface area (TPSA) is 85.0 Å². The Hall–Kier alpha value is -3.19. The molecule has 0 aliphatic heterocycles. The number of aryl methyl sites for hydroxylation is 1. The van der Waals surface area contributed by atoms with Gasteiger partial charge in [-0.2, -0.15) is 5.10 Å². The smallest absolute Gasteiger partial charge is 0.260 e. The van der Waals surface area contributed by atoms with E-state index in [1.54, 1.807) is 10.7 Å². The number of pyridine rings is 2. The highest BCUT2D eigenvalue weighted by atomic mass is 16.3. The standard InChI is InChI=1S/C24H25N5O2/c1-25-23-6-8-24(14-23,9-7-23)29-10-5-19-16(22(29)31)3-4-18(26-19)17-11-15-13-28(2)27-20(15)12-21(17)30/h3-5,10-13,25,30H,6-9,14H2,1-2H3. The van der Waals surface area contributed by atoms with Crippen molar-refractivity contribution in [2.24, 2.45) is 7.05 Å². The summed E-state index contributed by atoms with van der Waals surface area (Å²) in [7, 11) is 3.89. The Morgan fingerprint density at radius 2 is 1.90 bits per heavy atom. The van der Waals surface area contributed by atoms with Crippen LogP contribution in [0, 0.1) is 0 Å². The molecule has 3 aromatic heterocycles. The maximum Gasteiger partial charge on any atom is 0.260 e. The monoisotopic (exact) mass is 415 g/mol. The summed E-state index contributed by atoms with van der Waals surface area (Å²) < 4.78 is 3.68. The van der Waals surface area contributed by atoms with Gasteiger partial charge in [0.05, 0.1) is 22.1 Å². The fourth-order valence-corrected chi connectivity index (χ4v) is 5.88. The van der Waals surface area contributed by atoms with E-state index < -0.39 is 0 Å². The molecule has 31 heavy (non-hydrogen) atoms. The van der Waals surface area contributed by atoms with Crippen molar-refractivity contribution >= 4 is 21.8 Å². The molecule has 158 valence electrons. The second-order valence-corrected chi connectivity index (χ2v) is 9.28. The normalized spacial score (nSPS) is 25.1. The summed E-state index contributed by atoms with van der Waals surface area (Å²) in [6, 6.07) is 9.15. The molecule has 2 bridgehead atoms. The Morgan fingerprint density at radius 3 is 2.65 bits per heavy atom. The van der Waals surface area contributed by atoms with Gasteiger partial charge in [0.1, 0.15) is 5.75 Å². The van der Waals surface area contributed by atoms with Crippen LogP contribution in [-0.2, 0) is 12.6 Å². The van der Waals surface area contributed by atoms with Crippen LogP contribution >= 0.6 is 0 Å². The first kappa shape index (κ1) is 18.6. The molecule has 3 heterocycles. The molecule has 0 radical (unpaired) electrons. The molecule has 2 aliphatic rings. The first-order valence-corrected chi connectivity index (χ1v) is 10.8. The third kappa shape index (κ3) is 2.59. The van der Waals surface area contributed by atoms with Crippen LogP contribution < -0.4 is 10.9 Å². The predicted octanol–water partition coefficient (Wildman–Crippen LogP) is 3.29. The fourth-order valence-electron chi connectivity index (χ4n) is 5.88. The first-order valence-electron chi connectivity index (χ1n) is 10.8. The van der Waals surface area contributed by atoms with Crippen molar-refractivity contribution in [1.82, 2.24) is 24.6 Å². The van der Waals surface area contributed by atoms with Crippen LogP contribution in [0.2, 0.25) is 0 Å². The summed E-state index contributed by atoms with van der Waals surface area (Å²) in [4.78, 5) is 18.1. The third-order valence-electron chi connectivity index (χ3n) is 7.61. The number of fused-ring (bicyclic) bond motifs is 4. The quantitative estimate of drug-likeness (QED) is 0.536. The van der Waals surface area contributed by atoms with Gasteiger partial charge < -0.3 is 15.0 Å². The van der Waals surface area contributed by atoms with Crippen molar-refractivity contribution < 1.29 is 5.11 Å². The number of phenolic OH excluding ortho intramolecular Hbond substituents is 1. The second kappa shape index (κ2) is 6.17. The molecule has 0 amide bonds. The zero-order valence-corrected chi connectivity index (χ0v) is 17.7. The fraction of sp³-hybridized carbons (Fsp3) is 0.375. The van der Waals surface area contributed by atoms with E-state index in [1.807, 2.05) is 55.3 Å². The average Bonchev–Trinajstić information content (AvgIpc) is 3.44. The average molecular weight is 415 g/mol. The number of aromatic hydroxyl groups is 1. The minimum absolute atomic E-state index is 0.0253. The lowest BCUT2D eigenvalue weighted by Crippen LogP contribution is -2.38. The number of hydrogen-bond donors (Lipinski definition) is 2. The van der Waals surface area contributed by atoms with Gasteiger partial charge in [0, 0.05) is 47.5 Å². The zero-order chi connectivity index (χ0) is 21.4. The van der Waals surface area contributed by atoms with Crippen LogP contribution in [-0.4, -0.2) is 37.0 Å². The highest BCUT2D eigenvalue weighted by molar-refractivity contribution is 5.89. The van der Waals surface area contributed by atoms with Gasteiger partial charge in [-0.15, -0.1) is 0 Å². The van der Waals surface area contributed by atoms with E-state index in [2.05, 4.69) is 10.4 Å². The third-order valence-corrected chi connectivity index (χ3v) is 7.61. The van der Waals surface area contributed by atoms with E-state index in [0.717, 1.165) is 43.0 Å². The molecule has 2 saturated carbocycles. The predicted molar refractivity (Wildman–Crippen MR) is 120 cm³/mol. The summed E-state index contributed by atoms with van der Waals surface area (Å²) >= 11 is 0. The Balaban J connectivity index is 1.45. The molecule has 7 nitrogen and oxygen atoms in total. The highest BCUT2D eigenvalue weighted by Gasteiger charge is 2.54. The second-order valence-electron chi connectivity index (χ2n) is 9.28. The van der Waals surface area contributed by atoms with Gasteiger partial charge >= 0.3 is 0 Å². The summed E-state index contributed by atoms with van der Waals surface area (Å²) in [5.41, 5.74) is 2.78. The maximum absolute atomic E-state index is 13.4. The molecular weight excluding hydrogens is 390 g/mol. The molecule has 0 atom stereocenters. The Kier molecular flexibility index (Phi) is 3.69. The molecule has 6 rings (SSSR count). The zero-order valence-electron chi connectivity index (χ0n) is 17.7. The lowest BCUT2D eigenvalue weighted by atomic mass is 9.91. The molecule has 2 fully saturated rings. The SMILES string of the molecule is CNC12CCC(n3ccc4nc(-c5cc6cn(C)nc6cc5O)ccc4c3=O)(CC1)C2. The van der Waals surface area contributed by atoms with E-state index >= 15 is 0 Å². The van der Waals surface area contributed by atoms with E-state index in [4.69, 9.17) is 4.98 Å². The van der Waals surface area contributed by atoms with Gasteiger partial charge in [-0.05, 0) is 63.4 Å². The van der Waals surface area contributed by atoms with Gasteiger partial charge in [-0.3, -0.25) is 9.48 Å². The van der Waals surface area contributed by atoms with Gasteiger partial charge in [0.2, 0.25) is 0 Å². The van der Waals surface area contributed by atoms with Crippen LogP contribution in [0.25, 0.3) is 33.1 Å². The van der Waals surface area contributed by atoms with E-state index in [9.17, 15) is 9.90 Å².